The summed E-state index contributed by atoms with van der Waals surface area (Å²) in [7, 11) is 0. The van der Waals surface area contributed by atoms with E-state index in [-0.39, 0.29) is 30.7 Å². The normalized spacial score (nSPS) is 13.6. The first-order valence-corrected chi connectivity index (χ1v) is 10.4. The van der Waals surface area contributed by atoms with Crippen LogP contribution in [0.1, 0.15) is 18.1 Å². The summed E-state index contributed by atoms with van der Waals surface area (Å²) in [5.74, 6) is -1.17. The molecule has 0 aromatic heterocycles. The smallest absolute Gasteiger partial charge is 0.242 e. The molecule has 0 bridgehead atoms. The summed E-state index contributed by atoms with van der Waals surface area (Å²) >= 11 is 0. The lowest BCUT2D eigenvalue weighted by molar-refractivity contribution is -0.129. The number of nitrogens with one attached hydrogen (secondary N) is 3. The number of phenolic OH excluding ortho intramolecular Hbond substituents is 1. The van der Waals surface area contributed by atoms with Gasteiger partial charge in [-0.25, -0.2) is 0 Å². The molecule has 0 aliphatic heterocycles. The van der Waals surface area contributed by atoms with Gasteiger partial charge in [-0.05, 0) is 43.0 Å². The molecule has 0 spiro atoms. The molecule has 0 unspecified atom stereocenters. The van der Waals surface area contributed by atoms with Crippen molar-refractivity contribution < 1.29 is 19.5 Å². The number of primary amides is 1. The van der Waals surface area contributed by atoms with Crippen molar-refractivity contribution in [1.29, 1.82) is 0 Å². The Hall–Kier alpha value is -3.43. The molecule has 9 nitrogen and oxygen atoms in total. The first kappa shape index (κ1) is 24.8. The van der Waals surface area contributed by atoms with Gasteiger partial charge in [-0.15, -0.1) is 0 Å². The quantitative estimate of drug-likeness (QED) is 0.262. The lowest BCUT2D eigenvalue weighted by Gasteiger charge is -2.23. The zero-order valence-electron chi connectivity index (χ0n) is 18.1. The SMILES string of the molecule is C[C@@H](NC(=O)[C@@H](N)Cc1ccc(O)cc1)C(=O)N[C@H](CNCC(N)=O)Cc1ccccc1. The molecule has 8 N–H and O–H groups in total. The largest absolute Gasteiger partial charge is 0.508 e. The minimum Gasteiger partial charge on any atom is -0.508 e. The van der Waals surface area contributed by atoms with E-state index in [2.05, 4.69) is 16.0 Å². The fraction of sp³-hybridized carbons (Fsp3) is 0.348. The molecule has 9 heteroatoms. The maximum Gasteiger partial charge on any atom is 0.242 e. The van der Waals surface area contributed by atoms with E-state index in [4.69, 9.17) is 11.5 Å². The third-order valence-electron chi connectivity index (χ3n) is 4.84. The van der Waals surface area contributed by atoms with Crippen LogP contribution in [0, 0.1) is 0 Å². The molecule has 0 saturated heterocycles. The van der Waals surface area contributed by atoms with Crippen LogP contribution in [-0.2, 0) is 27.2 Å². The zero-order valence-corrected chi connectivity index (χ0v) is 18.1. The molecule has 2 rings (SSSR count). The predicted octanol–water partition coefficient (Wildman–Crippen LogP) is -0.431. The summed E-state index contributed by atoms with van der Waals surface area (Å²) in [5, 5.41) is 17.8. The van der Waals surface area contributed by atoms with Crippen LogP contribution >= 0.6 is 0 Å². The Bertz CT molecular complexity index is 889. The molecular formula is C23H31N5O4. The number of rotatable bonds is 12. The molecule has 3 amide bonds. The number of benzene rings is 2. The second-order valence-electron chi connectivity index (χ2n) is 7.70. The molecule has 3 atom stereocenters. The highest BCUT2D eigenvalue weighted by Crippen LogP contribution is 2.11. The maximum atomic E-state index is 12.7. The molecule has 0 aliphatic carbocycles. The van der Waals surface area contributed by atoms with Crippen LogP contribution in [0.5, 0.6) is 5.75 Å². The van der Waals surface area contributed by atoms with Gasteiger partial charge in [0.05, 0.1) is 12.6 Å². The zero-order chi connectivity index (χ0) is 23.5. The number of hydrogen-bond acceptors (Lipinski definition) is 6. The molecule has 0 aliphatic rings. The van der Waals surface area contributed by atoms with E-state index in [0.717, 1.165) is 11.1 Å². The molecule has 2 aromatic carbocycles. The number of carbonyl (C=O) groups excluding carboxylic acids is 3. The van der Waals surface area contributed by atoms with Gasteiger partial charge in [-0.3, -0.25) is 14.4 Å². The van der Waals surface area contributed by atoms with Crippen molar-refractivity contribution in [3.8, 4) is 5.75 Å². The van der Waals surface area contributed by atoms with Gasteiger partial charge in [0, 0.05) is 12.6 Å². The second kappa shape index (κ2) is 12.4. The number of carbonyl (C=O) groups is 3. The third-order valence-corrected chi connectivity index (χ3v) is 4.84. The summed E-state index contributed by atoms with van der Waals surface area (Å²) < 4.78 is 0. The van der Waals surface area contributed by atoms with Crippen molar-refractivity contribution in [2.24, 2.45) is 11.5 Å². The number of phenols is 1. The van der Waals surface area contributed by atoms with Crippen LogP contribution in [0.3, 0.4) is 0 Å². The van der Waals surface area contributed by atoms with Crippen molar-refractivity contribution in [2.75, 3.05) is 13.1 Å². The Morgan fingerprint density at radius 2 is 1.53 bits per heavy atom. The van der Waals surface area contributed by atoms with Gasteiger partial charge in [0.1, 0.15) is 11.8 Å². The van der Waals surface area contributed by atoms with Crippen LogP contribution in [0.2, 0.25) is 0 Å². The van der Waals surface area contributed by atoms with Gasteiger partial charge < -0.3 is 32.5 Å². The van der Waals surface area contributed by atoms with E-state index >= 15 is 0 Å². The Morgan fingerprint density at radius 1 is 0.906 bits per heavy atom. The molecule has 172 valence electrons. The number of aromatic hydroxyl groups is 1. The van der Waals surface area contributed by atoms with Crippen molar-refractivity contribution in [2.45, 2.75) is 37.9 Å². The first-order valence-electron chi connectivity index (χ1n) is 10.4. The molecule has 32 heavy (non-hydrogen) atoms. The lowest BCUT2D eigenvalue weighted by atomic mass is 10.0. The summed E-state index contributed by atoms with van der Waals surface area (Å²) in [6, 6.07) is 14.1. The molecule has 0 saturated carbocycles. The Labute approximate surface area is 187 Å². The standard InChI is InChI=1S/C23H31N5O4/c1-15(27-23(32)20(24)12-17-7-9-19(29)10-8-17)22(31)28-18(13-26-14-21(25)30)11-16-5-3-2-4-6-16/h2-10,15,18,20,26,29H,11-14,24H2,1H3,(H2,25,30)(H,27,32)(H,28,31)/t15-,18+,20+/m1/s1. The van der Waals surface area contributed by atoms with Gasteiger partial charge in [0.15, 0.2) is 0 Å². The fourth-order valence-corrected chi connectivity index (χ4v) is 3.13. The molecular weight excluding hydrogens is 410 g/mol. The number of nitrogens with two attached hydrogens (primary N) is 2. The summed E-state index contributed by atoms with van der Waals surface area (Å²) in [4.78, 5) is 36.1. The van der Waals surface area contributed by atoms with Gasteiger partial charge in [-0.2, -0.15) is 0 Å². The van der Waals surface area contributed by atoms with E-state index in [1.807, 2.05) is 30.3 Å². The number of hydrogen-bond donors (Lipinski definition) is 6. The van der Waals surface area contributed by atoms with E-state index in [1.165, 1.54) is 12.1 Å². The van der Waals surface area contributed by atoms with E-state index in [9.17, 15) is 19.5 Å². The Balaban J connectivity index is 1.90. The molecule has 0 fully saturated rings. The van der Waals surface area contributed by atoms with Crippen molar-refractivity contribution in [3.63, 3.8) is 0 Å². The highest BCUT2D eigenvalue weighted by Gasteiger charge is 2.22. The van der Waals surface area contributed by atoms with E-state index in [0.29, 0.717) is 13.0 Å². The maximum absolute atomic E-state index is 12.7. The van der Waals surface area contributed by atoms with Crippen LogP contribution < -0.4 is 27.4 Å². The number of amides is 3. The summed E-state index contributed by atoms with van der Waals surface area (Å²) in [5.41, 5.74) is 13.0. The highest BCUT2D eigenvalue weighted by atomic mass is 16.3. The second-order valence-corrected chi connectivity index (χ2v) is 7.70. The first-order chi connectivity index (χ1) is 15.2. The minimum atomic E-state index is -0.841. The molecule has 0 heterocycles. The van der Waals surface area contributed by atoms with Crippen LogP contribution in [0.15, 0.2) is 54.6 Å². The lowest BCUT2D eigenvalue weighted by Crippen LogP contribution is -2.54. The van der Waals surface area contributed by atoms with Gasteiger partial charge in [0.25, 0.3) is 0 Å². The molecule has 2 aromatic rings. The van der Waals surface area contributed by atoms with Crippen LogP contribution in [0.4, 0.5) is 0 Å². The third kappa shape index (κ3) is 8.75. The average Bonchev–Trinajstić information content (AvgIpc) is 2.75. The Kier molecular flexibility index (Phi) is 9.65. The average molecular weight is 442 g/mol. The topological polar surface area (TPSA) is 160 Å². The summed E-state index contributed by atoms with van der Waals surface area (Å²) in [6.07, 6.45) is 0.813. The Morgan fingerprint density at radius 3 is 2.16 bits per heavy atom. The van der Waals surface area contributed by atoms with Gasteiger partial charge in [-0.1, -0.05) is 42.5 Å². The van der Waals surface area contributed by atoms with Crippen molar-refractivity contribution >= 4 is 17.7 Å². The van der Waals surface area contributed by atoms with Crippen molar-refractivity contribution in [3.05, 3.63) is 65.7 Å². The van der Waals surface area contributed by atoms with Gasteiger partial charge in [0.2, 0.25) is 17.7 Å². The van der Waals surface area contributed by atoms with Crippen LogP contribution in [0.25, 0.3) is 0 Å². The molecule has 0 radical (unpaired) electrons. The minimum absolute atomic E-state index is 0.000433. The monoisotopic (exact) mass is 441 g/mol. The summed E-state index contributed by atoms with van der Waals surface area (Å²) in [6.45, 7) is 1.92. The van der Waals surface area contributed by atoms with E-state index in [1.54, 1.807) is 19.1 Å². The van der Waals surface area contributed by atoms with E-state index < -0.39 is 23.9 Å². The highest BCUT2D eigenvalue weighted by molar-refractivity contribution is 5.89. The van der Waals surface area contributed by atoms with Gasteiger partial charge >= 0.3 is 0 Å². The van der Waals surface area contributed by atoms with Crippen LogP contribution in [-0.4, -0.2) is 54.0 Å². The predicted molar refractivity (Wildman–Crippen MR) is 122 cm³/mol. The fourth-order valence-electron chi connectivity index (χ4n) is 3.13. The van der Waals surface area contributed by atoms with Crippen molar-refractivity contribution in [1.82, 2.24) is 16.0 Å².